The van der Waals surface area contributed by atoms with Crippen molar-refractivity contribution in [3.63, 3.8) is 0 Å². The summed E-state index contributed by atoms with van der Waals surface area (Å²) >= 11 is 1.45. The minimum Gasteiger partial charge on any atom is -0.379 e. The summed E-state index contributed by atoms with van der Waals surface area (Å²) < 4.78 is 32.2. The van der Waals surface area contributed by atoms with Crippen LogP contribution in [0, 0.1) is 0 Å². The van der Waals surface area contributed by atoms with Gasteiger partial charge in [0.1, 0.15) is 5.03 Å². The molecule has 0 saturated carbocycles. The van der Waals surface area contributed by atoms with Gasteiger partial charge < -0.3 is 15.4 Å². The summed E-state index contributed by atoms with van der Waals surface area (Å²) in [6.07, 6.45) is 2.86. The van der Waals surface area contributed by atoms with E-state index in [2.05, 4.69) is 27.2 Å². The van der Waals surface area contributed by atoms with E-state index in [-0.39, 0.29) is 10.8 Å². The van der Waals surface area contributed by atoms with Crippen LogP contribution in [0.2, 0.25) is 0 Å². The molecule has 0 aliphatic carbocycles. The normalized spacial score (nSPS) is 14.4. The Balaban J connectivity index is 1.40. The zero-order chi connectivity index (χ0) is 24.0. The van der Waals surface area contributed by atoms with Crippen LogP contribution in [0.15, 0.2) is 88.3 Å². The predicted molar refractivity (Wildman–Crippen MR) is 131 cm³/mol. The molecule has 1 aliphatic rings. The Kier molecular flexibility index (Phi) is 7.58. The SMILES string of the molecule is C=CC(=O)Nc1ccc(Sc2ccnc(Nc3ccc(S(=O)(=O)N4CCOCC4)cc3)n2)cc1. The third kappa shape index (κ3) is 6.00. The van der Waals surface area contributed by atoms with Crippen LogP contribution in [-0.4, -0.2) is 54.9 Å². The Morgan fingerprint density at radius 1 is 1.03 bits per heavy atom. The number of amides is 1. The van der Waals surface area contributed by atoms with Gasteiger partial charge in [-0.1, -0.05) is 18.3 Å². The second-order valence-corrected chi connectivity index (χ2v) is 10.2. The predicted octanol–water partition coefficient (Wildman–Crippen LogP) is 3.52. The van der Waals surface area contributed by atoms with Crippen molar-refractivity contribution in [3.05, 3.63) is 73.4 Å². The Hall–Kier alpha value is -3.25. The third-order valence-corrected chi connectivity index (χ3v) is 7.74. The van der Waals surface area contributed by atoms with E-state index < -0.39 is 10.0 Å². The molecule has 0 spiro atoms. The number of aromatic nitrogens is 2. The number of carbonyl (C=O) groups excluding carboxylic acids is 1. The molecule has 2 heterocycles. The van der Waals surface area contributed by atoms with E-state index in [4.69, 9.17) is 4.74 Å². The van der Waals surface area contributed by atoms with Crippen LogP contribution in [0.5, 0.6) is 0 Å². The molecular weight excluding hydrogens is 474 g/mol. The number of hydrogen-bond acceptors (Lipinski definition) is 8. The van der Waals surface area contributed by atoms with Gasteiger partial charge in [-0.25, -0.2) is 18.4 Å². The third-order valence-electron chi connectivity index (χ3n) is 4.88. The van der Waals surface area contributed by atoms with E-state index in [1.54, 1.807) is 48.7 Å². The van der Waals surface area contributed by atoms with Gasteiger partial charge in [0.15, 0.2) is 0 Å². The van der Waals surface area contributed by atoms with Gasteiger partial charge in [0.05, 0.1) is 18.1 Å². The highest BCUT2D eigenvalue weighted by atomic mass is 32.2. The maximum Gasteiger partial charge on any atom is 0.247 e. The highest BCUT2D eigenvalue weighted by Gasteiger charge is 2.26. The van der Waals surface area contributed by atoms with E-state index in [9.17, 15) is 13.2 Å². The van der Waals surface area contributed by atoms with E-state index in [0.717, 1.165) is 9.92 Å². The number of nitrogens with one attached hydrogen (secondary N) is 2. The fourth-order valence-electron chi connectivity index (χ4n) is 3.15. The molecule has 0 radical (unpaired) electrons. The second kappa shape index (κ2) is 10.8. The van der Waals surface area contributed by atoms with Gasteiger partial charge in [0.25, 0.3) is 0 Å². The van der Waals surface area contributed by atoms with Crippen molar-refractivity contribution >= 4 is 45.0 Å². The zero-order valence-electron chi connectivity index (χ0n) is 18.2. The first-order chi connectivity index (χ1) is 16.4. The molecule has 11 heteroatoms. The number of hydrogen-bond donors (Lipinski definition) is 2. The fraction of sp³-hybridized carbons (Fsp3) is 0.174. The van der Waals surface area contributed by atoms with Crippen molar-refractivity contribution in [1.82, 2.24) is 14.3 Å². The summed E-state index contributed by atoms with van der Waals surface area (Å²) in [5, 5.41) is 6.54. The molecule has 0 bridgehead atoms. The molecule has 1 aliphatic heterocycles. The molecular formula is C23H23N5O4S2. The molecule has 0 unspecified atom stereocenters. The molecule has 3 aromatic rings. The zero-order valence-corrected chi connectivity index (χ0v) is 19.8. The first-order valence-corrected chi connectivity index (χ1v) is 12.7. The van der Waals surface area contributed by atoms with Gasteiger partial charge in [-0.05, 0) is 60.7 Å². The molecule has 176 valence electrons. The molecule has 4 rings (SSSR count). The second-order valence-electron chi connectivity index (χ2n) is 7.20. The van der Waals surface area contributed by atoms with Crippen molar-refractivity contribution in [2.75, 3.05) is 36.9 Å². The van der Waals surface area contributed by atoms with Gasteiger partial charge in [-0.15, -0.1) is 0 Å². The number of carbonyl (C=O) groups is 1. The highest BCUT2D eigenvalue weighted by Crippen LogP contribution is 2.28. The van der Waals surface area contributed by atoms with Crippen molar-refractivity contribution in [2.24, 2.45) is 0 Å². The molecule has 9 nitrogen and oxygen atoms in total. The molecule has 1 saturated heterocycles. The molecule has 1 fully saturated rings. The molecule has 1 aromatic heterocycles. The monoisotopic (exact) mass is 497 g/mol. The van der Waals surface area contributed by atoms with Crippen molar-refractivity contribution < 1.29 is 17.9 Å². The van der Waals surface area contributed by atoms with Crippen LogP contribution in [0.4, 0.5) is 17.3 Å². The van der Waals surface area contributed by atoms with Gasteiger partial charge in [0.2, 0.25) is 21.9 Å². The summed E-state index contributed by atoms with van der Waals surface area (Å²) in [4.78, 5) is 21.3. The lowest BCUT2D eigenvalue weighted by molar-refractivity contribution is -0.111. The van der Waals surface area contributed by atoms with E-state index in [1.165, 1.54) is 22.1 Å². The minimum atomic E-state index is -3.54. The van der Waals surface area contributed by atoms with Crippen LogP contribution in [-0.2, 0) is 19.6 Å². The van der Waals surface area contributed by atoms with Crippen molar-refractivity contribution in [3.8, 4) is 0 Å². The number of ether oxygens (including phenoxy) is 1. The Morgan fingerprint density at radius 2 is 1.71 bits per heavy atom. The molecule has 1 amide bonds. The average Bonchev–Trinajstić information content (AvgIpc) is 2.86. The van der Waals surface area contributed by atoms with E-state index in [1.807, 2.05) is 12.1 Å². The first-order valence-electron chi connectivity index (χ1n) is 10.4. The standard InChI is InChI=1S/C23H23N5O4S2/c1-2-21(29)25-17-3-7-19(8-4-17)33-22-11-12-24-23(27-22)26-18-5-9-20(10-6-18)34(30,31)28-13-15-32-16-14-28/h2-12H,1,13-16H2,(H,25,29)(H,24,26,27). The number of anilines is 3. The summed E-state index contributed by atoms with van der Waals surface area (Å²) in [6, 6.07) is 15.7. The maximum atomic E-state index is 12.8. The number of benzene rings is 2. The lowest BCUT2D eigenvalue weighted by atomic mass is 10.3. The average molecular weight is 498 g/mol. The van der Waals surface area contributed by atoms with Gasteiger partial charge in [0, 0.05) is 35.6 Å². The summed E-state index contributed by atoms with van der Waals surface area (Å²) in [6.45, 7) is 4.95. The van der Waals surface area contributed by atoms with Crippen molar-refractivity contribution in [1.29, 1.82) is 0 Å². The molecule has 2 N–H and O–H groups in total. The first kappa shape index (κ1) is 23.9. The largest absolute Gasteiger partial charge is 0.379 e. The van der Waals surface area contributed by atoms with Crippen LogP contribution in [0.1, 0.15) is 0 Å². The van der Waals surface area contributed by atoms with Crippen LogP contribution in [0.3, 0.4) is 0 Å². The number of rotatable bonds is 8. The van der Waals surface area contributed by atoms with Gasteiger partial charge in [-0.3, -0.25) is 4.79 Å². The van der Waals surface area contributed by atoms with E-state index >= 15 is 0 Å². The summed E-state index contributed by atoms with van der Waals surface area (Å²) in [7, 11) is -3.54. The maximum absolute atomic E-state index is 12.8. The Morgan fingerprint density at radius 3 is 2.38 bits per heavy atom. The van der Waals surface area contributed by atoms with Crippen LogP contribution in [0.25, 0.3) is 0 Å². The molecule has 34 heavy (non-hydrogen) atoms. The number of sulfonamides is 1. The quantitative estimate of drug-likeness (QED) is 0.359. The summed E-state index contributed by atoms with van der Waals surface area (Å²) in [5.41, 5.74) is 1.35. The smallest absolute Gasteiger partial charge is 0.247 e. The molecule has 2 aromatic carbocycles. The Bertz CT molecular complexity index is 1260. The van der Waals surface area contributed by atoms with E-state index in [0.29, 0.717) is 43.6 Å². The fourth-order valence-corrected chi connectivity index (χ4v) is 5.34. The highest BCUT2D eigenvalue weighted by molar-refractivity contribution is 7.99. The number of morpholine rings is 1. The number of nitrogens with zero attached hydrogens (tertiary/aromatic N) is 3. The topological polar surface area (TPSA) is 114 Å². The van der Waals surface area contributed by atoms with Crippen molar-refractivity contribution in [2.45, 2.75) is 14.8 Å². The van der Waals surface area contributed by atoms with Gasteiger partial charge >= 0.3 is 0 Å². The van der Waals surface area contributed by atoms with Crippen LogP contribution >= 0.6 is 11.8 Å². The van der Waals surface area contributed by atoms with Crippen LogP contribution < -0.4 is 10.6 Å². The Labute approximate surface area is 202 Å². The lowest BCUT2D eigenvalue weighted by Gasteiger charge is -2.26. The van der Waals surface area contributed by atoms with Gasteiger partial charge in [-0.2, -0.15) is 4.31 Å². The summed E-state index contributed by atoms with van der Waals surface area (Å²) in [5.74, 6) is 0.127. The minimum absolute atomic E-state index is 0.234. The molecule has 0 atom stereocenters. The lowest BCUT2D eigenvalue weighted by Crippen LogP contribution is -2.40.